The first-order valence-electron chi connectivity index (χ1n) is 17.1. The number of benzene rings is 3. The molecule has 3 atom stereocenters. The third kappa shape index (κ3) is 8.08. The Hall–Kier alpha value is -4.93. The Morgan fingerprint density at radius 2 is 1.62 bits per heavy atom. The first-order chi connectivity index (χ1) is 24.9. The number of pyridine rings is 1. The summed E-state index contributed by atoms with van der Waals surface area (Å²) >= 11 is 6.54. The highest BCUT2D eigenvalue weighted by atomic mass is 35.5. The maximum atomic E-state index is 14.8. The molecular weight excluding hydrogens is 693 g/mol. The Bertz CT molecular complexity index is 1970. The van der Waals surface area contributed by atoms with E-state index in [0.717, 1.165) is 46.9 Å². The third-order valence-electron chi connectivity index (χ3n) is 9.93. The van der Waals surface area contributed by atoms with Gasteiger partial charge in [0.05, 0.1) is 10.9 Å². The van der Waals surface area contributed by atoms with E-state index in [0.29, 0.717) is 43.7 Å². The second-order valence-corrected chi connectivity index (χ2v) is 13.6. The molecule has 11 heteroatoms. The van der Waals surface area contributed by atoms with Crippen LogP contribution in [0.2, 0.25) is 0 Å². The van der Waals surface area contributed by atoms with Gasteiger partial charge < -0.3 is 14.9 Å². The summed E-state index contributed by atoms with van der Waals surface area (Å²) in [4.78, 5) is 29.7. The van der Waals surface area contributed by atoms with Crippen LogP contribution in [0.3, 0.4) is 0 Å². The topological polar surface area (TPSA) is 100.0 Å². The van der Waals surface area contributed by atoms with Crippen LogP contribution in [-0.4, -0.2) is 63.3 Å². The third-order valence-corrected chi connectivity index (χ3v) is 10.4. The van der Waals surface area contributed by atoms with E-state index in [1.165, 1.54) is 18.2 Å². The Morgan fingerprint density at radius 3 is 2.31 bits per heavy atom. The average molecular weight is 731 g/mol. The summed E-state index contributed by atoms with van der Waals surface area (Å²) in [7, 11) is 0. The van der Waals surface area contributed by atoms with E-state index in [2.05, 4.69) is 9.88 Å². The van der Waals surface area contributed by atoms with E-state index in [-0.39, 0.29) is 17.3 Å². The SMILES string of the molecule is O=C(O)c1ccc(CCN(CCc2ccccc2OCC2(C(F)(F)F)C=CC(c3ccccc3)=CC2Cl)C2CCCc3nc(C(=O)O)ccc32)cc1. The van der Waals surface area contributed by atoms with Crippen LogP contribution in [0.15, 0.2) is 109 Å². The molecular formula is C41H38ClF3N2O5. The predicted octanol–water partition coefficient (Wildman–Crippen LogP) is 8.83. The number of aryl methyl sites for hydroxylation is 1. The second-order valence-electron chi connectivity index (χ2n) is 13.1. The van der Waals surface area contributed by atoms with E-state index in [1.807, 2.05) is 48.5 Å². The summed E-state index contributed by atoms with van der Waals surface area (Å²) in [5.74, 6) is -1.76. The number of ether oxygens (including phenoxy) is 1. The molecule has 3 unspecified atom stereocenters. The largest absolute Gasteiger partial charge is 0.492 e. The van der Waals surface area contributed by atoms with Gasteiger partial charge in [0, 0.05) is 24.8 Å². The van der Waals surface area contributed by atoms with E-state index in [1.54, 1.807) is 36.4 Å². The fraction of sp³-hybridized carbons (Fsp3) is 0.293. The fourth-order valence-corrected chi connectivity index (χ4v) is 7.33. The molecule has 1 heterocycles. The van der Waals surface area contributed by atoms with Crippen LogP contribution in [0.25, 0.3) is 5.57 Å². The molecule has 0 saturated carbocycles. The highest BCUT2D eigenvalue weighted by Gasteiger charge is 2.58. The van der Waals surface area contributed by atoms with Crippen LogP contribution < -0.4 is 4.74 Å². The molecule has 7 nitrogen and oxygen atoms in total. The van der Waals surface area contributed by atoms with Crippen LogP contribution in [0, 0.1) is 5.41 Å². The van der Waals surface area contributed by atoms with Gasteiger partial charge in [-0.05, 0) is 84.2 Å². The number of alkyl halides is 4. The second kappa shape index (κ2) is 15.8. The number of carboxylic acids is 2. The lowest BCUT2D eigenvalue weighted by Crippen LogP contribution is -2.48. The minimum Gasteiger partial charge on any atom is -0.492 e. The fourth-order valence-electron chi connectivity index (χ4n) is 6.93. The molecule has 4 aromatic rings. The molecule has 0 amide bonds. The van der Waals surface area contributed by atoms with Gasteiger partial charge in [0.25, 0.3) is 0 Å². The van der Waals surface area contributed by atoms with Crippen molar-refractivity contribution in [1.29, 1.82) is 0 Å². The van der Waals surface area contributed by atoms with Gasteiger partial charge in [0.1, 0.15) is 23.5 Å². The van der Waals surface area contributed by atoms with Crippen molar-refractivity contribution in [3.05, 3.63) is 148 Å². The van der Waals surface area contributed by atoms with Crippen molar-refractivity contribution in [2.45, 2.75) is 49.7 Å². The van der Waals surface area contributed by atoms with E-state index in [4.69, 9.17) is 16.3 Å². The van der Waals surface area contributed by atoms with E-state index < -0.39 is 35.5 Å². The first kappa shape index (κ1) is 36.8. The quantitative estimate of drug-likeness (QED) is 0.133. The number of hydrogen-bond acceptors (Lipinski definition) is 5. The van der Waals surface area contributed by atoms with Crippen LogP contribution in [0.4, 0.5) is 13.2 Å². The minimum absolute atomic E-state index is 0.00838. The van der Waals surface area contributed by atoms with Crippen molar-refractivity contribution < 1.29 is 37.7 Å². The van der Waals surface area contributed by atoms with Gasteiger partial charge in [-0.3, -0.25) is 4.90 Å². The first-order valence-corrected chi connectivity index (χ1v) is 17.6. The van der Waals surface area contributed by atoms with E-state index >= 15 is 0 Å². The maximum absolute atomic E-state index is 14.8. The number of nitrogens with zero attached hydrogens (tertiary/aromatic N) is 2. The molecule has 0 fully saturated rings. The molecule has 0 saturated heterocycles. The molecule has 0 spiro atoms. The van der Waals surface area contributed by atoms with Crippen LogP contribution >= 0.6 is 11.6 Å². The number of fused-ring (bicyclic) bond motifs is 1. The van der Waals surface area contributed by atoms with Crippen LogP contribution in [-0.2, 0) is 19.3 Å². The maximum Gasteiger partial charge on any atom is 0.402 e. The monoisotopic (exact) mass is 730 g/mol. The lowest BCUT2D eigenvalue weighted by molar-refractivity contribution is -0.212. The molecule has 1 aromatic heterocycles. The Balaban J connectivity index is 1.22. The number of carboxylic acid groups (broad SMARTS) is 2. The molecule has 2 aliphatic carbocycles. The molecule has 0 radical (unpaired) electrons. The number of halogens is 4. The van der Waals surface area contributed by atoms with Crippen molar-refractivity contribution in [2.75, 3.05) is 19.7 Å². The smallest absolute Gasteiger partial charge is 0.402 e. The summed E-state index contributed by atoms with van der Waals surface area (Å²) in [6, 6.07) is 26.2. The molecule has 6 rings (SSSR count). The van der Waals surface area contributed by atoms with Crippen molar-refractivity contribution in [1.82, 2.24) is 9.88 Å². The highest BCUT2D eigenvalue weighted by Crippen LogP contribution is 2.49. The van der Waals surface area contributed by atoms with Gasteiger partial charge in [-0.15, -0.1) is 11.6 Å². The van der Waals surface area contributed by atoms with Crippen LogP contribution in [0.1, 0.15) is 67.7 Å². The standard InChI is InChI=1S/C41H38ClF3N2O5/c42-37-25-31(28-7-2-1-3-8-28)19-22-40(37,41(43,44)45)26-52-36-12-5-4-9-29(36)21-24-47(23-20-27-13-15-30(16-14-27)38(48)49)35-11-6-10-33-32(35)17-18-34(46-33)39(50)51/h1-5,7-9,12-19,22,25,35,37H,6,10-11,20-21,23-24,26H2,(H,48,49)(H,50,51). The van der Waals surface area contributed by atoms with Gasteiger partial charge in [0.15, 0.2) is 0 Å². The number of allylic oxidation sites excluding steroid dienone is 3. The number of aromatic carboxylic acids is 2. The minimum atomic E-state index is -4.69. The number of hydrogen-bond donors (Lipinski definition) is 2. The summed E-state index contributed by atoms with van der Waals surface area (Å²) in [6.07, 6.45) is 2.67. The lowest BCUT2D eigenvalue weighted by Gasteiger charge is -2.38. The Kier molecular flexibility index (Phi) is 11.2. The van der Waals surface area contributed by atoms with Gasteiger partial charge in [-0.25, -0.2) is 14.6 Å². The van der Waals surface area contributed by atoms with E-state index in [9.17, 15) is 33.0 Å². The average Bonchev–Trinajstić information content (AvgIpc) is 3.14. The summed E-state index contributed by atoms with van der Waals surface area (Å²) < 4.78 is 50.4. The lowest BCUT2D eigenvalue weighted by atomic mass is 9.78. The Labute approximate surface area is 305 Å². The van der Waals surface area contributed by atoms with Gasteiger partial charge in [-0.1, -0.05) is 85.0 Å². The van der Waals surface area contributed by atoms with Crippen molar-refractivity contribution in [3.8, 4) is 5.75 Å². The van der Waals surface area contributed by atoms with Crippen molar-refractivity contribution in [3.63, 3.8) is 0 Å². The zero-order valence-corrected chi connectivity index (χ0v) is 29.0. The number of carbonyl (C=O) groups is 2. The zero-order valence-electron chi connectivity index (χ0n) is 28.2. The molecule has 270 valence electrons. The van der Waals surface area contributed by atoms with Gasteiger partial charge in [-0.2, -0.15) is 13.2 Å². The molecule has 52 heavy (non-hydrogen) atoms. The molecule has 3 aromatic carbocycles. The Morgan fingerprint density at radius 1 is 0.904 bits per heavy atom. The number of para-hydroxylation sites is 1. The summed E-state index contributed by atoms with van der Waals surface area (Å²) in [5, 5.41) is 17.4. The molecule has 2 aliphatic rings. The molecule has 2 N–H and O–H groups in total. The van der Waals surface area contributed by atoms with Gasteiger partial charge in [0.2, 0.25) is 0 Å². The zero-order chi connectivity index (χ0) is 36.9. The van der Waals surface area contributed by atoms with Crippen LogP contribution in [0.5, 0.6) is 5.75 Å². The highest BCUT2D eigenvalue weighted by molar-refractivity contribution is 6.23. The number of aromatic nitrogens is 1. The van der Waals surface area contributed by atoms with Gasteiger partial charge >= 0.3 is 18.1 Å². The van der Waals surface area contributed by atoms with Crippen molar-refractivity contribution >= 4 is 29.1 Å². The van der Waals surface area contributed by atoms with Crippen molar-refractivity contribution in [2.24, 2.45) is 5.41 Å². The number of rotatable bonds is 13. The summed E-state index contributed by atoms with van der Waals surface area (Å²) in [6.45, 7) is 0.399. The predicted molar refractivity (Wildman–Crippen MR) is 193 cm³/mol. The summed E-state index contributed by atoms with van der Waals surface area (Å²) in [5.41, 5.74) is 2.50. The normalized spacial score (nSPS) is 19.9. The molecule has 0 aliphatic heterocycles. The molecule has 0 bridgehead atoms.